The molecule has 4 N–H and O–H groups in total. The Morgan fingerprint density at radius 3 is 2.16 bits per heavy atom. The lowest BCUT2D eigenvalue weighted by Gasteiger charge is -2.15. The van der Waals surface area contributed by atoms with Crippen molar-refractivity contribution in [3.63, 3.8) is 0 Å². The average Bonchev–Trinajstić information content (AvgIpc) is 2.84. The molecule has 11 nitrogen and oxygen atoms in total. The zero-order valence-electron chi connectivity index (χ0n) is 19.9. The molecule has 4 aromatic rings. The van der Waals surface area contributed by atoms with Gasteiger partial charge in [-0.15, -0.1) is 5.11 Å². The van der Waals surface area contributed by atoms with Gasteiger partial charge >= 0.3 is 0 Å². The largest absolute Gasteiger partial charge is 0.505 e. The summed E-state index contributed by atoms with van der Waals surface area (Å²) in [5.74, 6) is -1.49. The van der Waals surface area contributed by atoms with Gasteiger partial charge in [0.2, 0.25) is 0 Å². The SMILES string of the molecule is Cc1ccc(C)c(N=Nc2c(S(=O)(=O)O)cc3cc(S(=O)(=O)O)cc(NC(=O)c4ccccc4)c3c2O)c1. The minimum absolute atomic E-state index is 0.196. The fourth-order valence-corrected chi connectivity index (χ4v) is 4.92. The molecular weight excluding hydrogens is 534 g/mol. The van der Waals surface area contributed by atoms with Crippen LogP contribution in [0.25, 0.3) is 10.8 Å². The molecule has 196 valence electrons. The Kier molecular flexibility index (Phi) is 7.04. The predicted octanol–water partition coefficient (Wildman–Crippen LogP) is 5.32. The molecule has 4 rings (SSSR count). The number of nitrogens with zero attached hydrogens (tertiary/aromatic N) is 2. The number of nitrogens with one attached hydrogen (secondary N) is 1. The number of carbonyl (C=O) groups is 1. The summed E-state index contributed by atoms with van der Waals surface area (Å²) in [4.78, 5) is 11.3. The molecule has 0 aliphatic heterocycles. The van der Waals surface area contributed by atoms with Crippen molar-refractivity contribution in [2.45, 2.75) is 23.6 Å². The van der Waals surface area contributed by atoms with E-state index in [4.69, 9.17) is 0 Å². The molecule has 13 heteroatoms. The zero-order valence-corrected chi connectivity index (χ0v) is 21.6. The maximum Gasteiger partial charge on any atom is 0.296 e. The molecule has 0 aliphatic rings. The van der Waals surface area contributed by atoms with Crippen molar-refractivity contribution in [1.29, 1.82) is 0 Å². The summed E-state index contributed by atoms with van der Waals surface area (Å²) in [5.41, 5.74) is 1.18. The third-order valence-electron chi connectivity index (χ3n) is 5.61. The maximum atomic E-state index is 12.8. The first-order valence-corrected chi connectivity index (χ1v) is 13.8. The van der Waals surface area contributed by atoms with Gasteiger partial charge in [0.25, 0.3) is 26.1 Å². The lowest BCUT2D eigenvalue weighted by molar-refractivity contribution is 0.102. The lowest BCUT2D eigenvalue weighted by atomic mass is 10.1. The molecule has 0 saturated heterocycles. The standard InChI is InChI=1S/C25H21N3O8S2/c1-14-8-9-15(2)19(10-14)27-28-23-21(38(34,35)36)12-17-11-18(37(31,32)33)13-20(22(17)24(23)29)26-25(30)16-6-4-3-5-7-16/h3-13,29H,1-2H3,(H,26,30)(H,31,32,33)(H,34,35,36). The first-order valence-electron chi connectivity index (χ1n) is 10.9. The highest BCUT2D eigenvalue weighted by Gasteiger charge is 2.26. The molecule has 0 aliphatic carbocycles. The van der Waals surface area contributed by atoms with E-state index in [2.05, 4.69) is 15.5 Å². The van der Waals surface area contributed by atoms with E-state index in [1.807, 2.05) is 13.0 Å². The highest BCUT2D eigenvalue weighted by Crippen LogP contribution is 2.45. The highest BCUT2D eigenvalue weighted by atomic mass is 32.2. The minimum Gasteiger partial charge on any atom is -0.505 e. The monoisotopic (exact) mass is 555 g/mol. The number of phenols is 1. The highest BCUT2D eigenvalue weighted by molar-refractivity contribution is 7.86. The van der Waals surface area contributed by atoms with E-state index in [1.54, 1.807) is 37.3 Å². The van der Waals surface area contributed by atoms with Crippen LogP contribution in [0.2, 0.25) is 0 Å². The molecule has 0 fully saturated rings. The van der Waals surface area contributed by atoms with Crippen molar-refractivity contribution in [2.75, 3.05) is 5.32 Å². The van der Waals surface area contributed by atoms with Gasteiger partial charge in [-0.2, -0.15) is 21.9 Å². The second kappa shape index (κ2) is 9.95. The molecule has 0 spiro atoms. The van der Waals surface area contributed by atoms with Crippen molar-refractivity contribution in [2.24, 2.45) is 10.2 Å². The van der Waals surface area contributed by atoms with Crippen molar-refractivity contribution < 1.29 is 35.8 Å². The van der Waals surface area contributed by atoms with Crippen LogP contribution < -0.4 is 5.32 Å². The van der Waals surface area contributed by atoms with Gasteiger partial charge in [-0.1, -0.05) is 30.3 Å². The Morgan fingerprint density at radius 1 is 0.842 bits per heavy atom. The summed E-state index contributed by atoms with van der Waals surface area (Å²) < 4.78 is 67.8. The number of benzene rings is 4. The molecule has 0 atom stereocenters. The van der Waals surface area contributed by atoms with Gasteiger partial charge in [-0.25, -0.2) is 0 Å². The number of phenolic OH excluding ortho intramolecular Hbond substituents is 1. The summed E-state index contributed by atoms with van der Waals surface area (Å²) in [6.45, 7) is 3.55. The van der Waals surface area contributed by atoms with Gasteiger partial charge in [-0.05, 0) is 66.8 Å². The van der Waals surface area contributed by atoms with E-state index in [0.29, 0.717) is 11.3 Å². The van der Waals surface area contributed by atoms with Gasteiger partial charge in [0.1, 0.15) is 10.6 Å². The Hall–Kier alpha value is -4.17. The Labute approximate surface area is 218 Å². The number of azo groups is 1. The van der Waals surface area contributed by atoms with Gasteiger partial charge in [0, 0.05) is 10.9 Å². The molecule has 0 unspecified atom stereocenters. The fraction of sp³-hybridized carbons (Fsp3) is 0.0800. The van der Waals surface area contributed by atoms with Crippen molar-refractivity contribution in [3.05, 3.63) is 83.4 Å². The summed E-state index contributed by atoms with van der Waals surface area (Å²) in [6.07, 6.45) is 0. The van der Waals surface area contributed by atoms with Crippen LogP contribution >= 0.6 is 0 Å². The van der Waals surface area contributed by atoms with Gasteiger partial charge in [-0.3, -0.25) is 13.9 Å². The Balaban J connectivity index is 2.02. The third-order valence-corrected chi connectivity index (χ3v) is 7.30. The topological polar surface area (TPSA) is 183 Å². The summed E-state index contributed by atoms with van der Waals surface area (Å²) in [5, 5.41) is 21.1. The molecule has 0 aromatic heterocycles. The second-order valence-corrected chi connectivity index (χ2v) is 11.2. The molecule has 1 amide bonds. The number of amides is 1. The third kappa shape index (κ3) is 5.55. The number of aryl methyl sites for hydroxylation is 2. The normalized spacial score (nSPS) is 12.2. The number of anilines is 1. The van der Waals surface area contributed by atoms with Crippen LogP contribution in [-0.4, -0.2) is 37.0 Å². The van der Waals surface area contributed by atoms with Crippen LogP contribution in [0.3, 0.4) is 0 Å². The number of carbonyl (C=O) groups excluding carboxylic acids is 1. The van der Waals surface area contributed by atoms with Gasteiger partial charge in [0.05, 0.1) is 16.3 Å². The molecular formula is C25H21N3O8S2. The zero-order chi connectivity index (χ0) is 27.8. The van der Waals surface area contributed by atoms with Crippen LogP contribution in [-0.2, 0) is 20.2 Å². The van der Waals surface area contributed by atoms with Crippen molar-refractivity contribution >= 4 is 54.0 Å². The molecule has 0 saturated carbocycles. The summed E-state index contributed by atoms with van der Waals surface area (Å²) >= 11 is 0. The number of fused-ring (bicyclic) bond motifs is 1. The van der Waals surface area contributed by atoms with Crippen LogP contribution in [0.15, 0.2) is 86.7 Å². The maximum absolute atomic E-state index is 12.8. The van der Waals surface area contributed by atoms with E-state index >= 15 is 0 Å². The first-order chi connectivity index (χ1) is 17.8. The summed E-state index contributed by atoms with van der Waals surface area (Å²) in [7, 11) is -9.84. The van der Waals surface area contributed by atoms with E-state index in [9.17, 15) is 35.8 Å². The van der Waals surface area contributed by atoms with Crippen LogP contribution in [0.5, 0.6) is 5.75 Å². The van der Waals surface area contributed by atoms with Crippen LogP contribution in [0, 0.1) is 13.8 Å². The molecule has 0 heterocycles. The Morgan fingerprint density at radius 2 is 1.53 bits per heavy atom. The van der Waals surface area contributed by atoms with Crippen molar-refractivity contribution in [1.82, 2.24) is 0 Å². The molecule has 38 heavy (non-hydrogen) atoms. The van der Waals surface area contributed by atoms with Crippen LogP contribution in [0.1, 0.15) is 21.5 Å². The number of aromatic hydroxyl groups is 1. The number of hydrogen-bond acceptors (Lipinski definition) is 8. The lowest BCUT2D eigenvalue weighted by Crippen LogP contribution is -2.13. The second-order valence-electron chi connectivity index (χ2n) is 8.40. The van der Waals surface area contributed by atoms with Gasteiger partial charge < -0.3 is 10.4 Å². The van der Waals surface area contributed by atoms with Crippen LogP contribution in [0.4, 0.5) is 17.1 Å². The smallest absolute Gasteiger partial charge is 0.296 e. The molecule has 4 aromatic carbocycles. The quantitative estimate of drug-likeness (QED) is 0.182. The predicted molar refractivity (Wildman–Crippen MR) is 140 cm³/mol. The first kappa shape index (κ1) is 26.9. The minimum atomic E-state index is -5.01. The Bertz CT molecular complexity index is 1840. The number of hydrogen-bond donors (Lipinski definition) is 4. The number of rotatable bonds is 6. The summed E-state index contributed by atoms with van der Waals surface area (Å²) in [6, 6.07) is 15.8. The van der Waals surface area contributed by atoms with E-state index in [-0.39, 0.29) is 22.0 Å². The van der Waals surface area contributed by atoms with E-state index in [1.165, 1.54) is 12.1 Å². The molecule has 0 bridgehead atoms. The van der Waals surface area contributed by atoms with E-state index in [0.717, 1.165) is 23.8 Å². The van der Waals surface area contributed by atoms with E-state index < -0.39 is 47.4 Å². The average molecular weight is 556 g/mol. The van der Waals surface area contributed by atoms with Crippen molar-refractivity contribution in [3.8, 4) is 5.75 Å². The van der Waals surface area contributed by atoms with Gasteiger partial charge in [0.15, 0.2) is 5.75 Å². The fourth-order valence-electron chi connectivity index (χ4n) is 3.72. The molecule has 0 radical (unpaired) electrons.